The number of nitrogen functional groups attached to an aromatic ring is 1. The molecule has 1 aromatic heterocycles. The van der Waals surface area contributed by atoms with Gasteiger partial charge in [-0.2, -0.15) is 0 Å². The lowest BCUT2D eigenvalue weighted by molar-refractivity contribution is 0.0134. The molecule has 5 nitrogen and oxygen atoms in total. The molecule has 1 aliphatic rings. The molecule has 17 heavy (non-hydrogen) atoms. The van der Waals surface area contributed by atoms with Crippen LogP contribution in [-0.4, -0.2) is 29.2 Å². The van der Waals surface area contributed by atoms with Crippen molar-refractivity contribution in [2.75, 3.05) is 24.2 Å². The van der Waals surface area contributed by atoms with Crippen molar-refractivity contribution in [3.8, 4) is 0 Å². The Kier molecular flexibility index (Phi) is 4.39. The monoisotopic (exact) mass is 256 g/mol. The van der Waals surface area contributed by atoms with E-state index in [0.29, 0.717) is 22.8 Å². The summed E-state index contributed by atoms with van der Waals surface area (Å²) in [5.41, 5.74) is 5.59. The van der Waals surface area contributed by atoms with E-state index >= 15 is 0 Å². The first-order valence-electron chi connectivity index (χ1n) is 5.89. The Morgan fingerprint density at radius 3 is 3.12 bits per heavy atom. The topological polar surface area (TPSA) is 73.1 Å². The van der Waals surface area contributed by atoms with E-state index in [0.717, 1.165) is 26.0 Å². The van der Waals surface area contributed by atoms with E-state index in [-0.39, 0.29) is 0 Å². The summed E-state index contributed by atoms with van der Waals surface area (Å²) in [5.74, 6) is 0.896. The highest BCUT2D eigenvalue weighted by Gasteiger charge is 2.13. The van der Waals surface area contributed by atoms with E-state index in [1.165, 1.54) is 19.2 Å². The van der Waals surface area contributed by atoms with Crippen molar-refractivity contribution in [1.29, 1.82) is 0 Å². The second kappa shape index (κ2) is 6.02. The number of aromatic nitrogens is 2. The van der Waals surface area contributed by atoms with Crippen molar-refractivity contribution < 1.29 is 4.74 Å². The zero-order valence-electron chi connectivity index (χ0n) is 9.66. The normalized spacial score (nSPS) is 20.2. The summed E-state index contributed by atoms with van der Waals surface area (Å²) < 4.78 is 5.64. The molecule has 0 spiro atoms. The average molecular weight is 257 g/mol. The summed E-state index contributed by atoms with van der Waals surface area (Å²) in [6.07, 6.45) is 6.29. The molecule has 2 heterocycles. The third-order valence-electron chi connectivity index (χ3n) is 2.85. The molecule has 0 aromatic carbocycles. The van der Waals surface area contributed by atoms with Gasteiger partial charge in [-0.1, -0.05) is 11.6 Å². The van der Waals surface area contributed by atoms with Crippen LogP contribution in [0.1, 0.15) is 25.7 Å². The first-order valence-corrected chi connectivity index (χ1v) is 6.26. The van der Waals surface area contributed by atoms with Crippen LogP contribution in [0, 0.1) is 0 Å². The van der Waals surface area contributed by atoms with Gasteiger partial charge in [-0.25, -0.2) is 9.97 Å². The standard InChI is InChI=1S/C11H17ClN4O/c12-9-10(13)15-7-16-11(9)14-5-4-8-3-1-2-6-17-8/h7-8H,1-6H2,(H3,13,14,15,16). The summed E-state index contributed by atoms with van der Waals surface area (Å²) >= 11 is 5.97. The molecule has 1 unspecified atom stereocenters. The first-order chi connectivity index (χ1) is 8.27. The van der Waals surface area contributed by atoms with Crippen molar-refractivity contribution in [1.82, 2.24) is 9.97 Å². The van der Waals surface area contributed by atoms with Crippen LogP contribution in [0.2, 0.25) is 5.02 Å². The molecule has 0 aliphatic carbocycles. The summed E-state index contributed by atoms with van der Waals surface area (Å²) in [4.78, 5) is 7.85. The Hall–Kier alpha value is -1.07. The Bertz CT molecular complexity index is 368. The SMILES string of the molecule is Nc1ncnc(NCCC2CCCCO2)c1Cl. The second-order valence-electron chi connectivity index (χ2n) is 4.13. The summed E-state index contributed by atoms with van der Waals surface area (Å²) in [5, 5.41) is 3.54. The van der Waals surface area contributed by atoms with Crippen molar-refractivity contribution >= 4 is 23.2 Å². The summed E-state index contributed by atoms with van der Waals surface area (Å²) in [7, 11) is 0. The number of hydrogen-bond donors (Lipinski definition) is 2. The van der Waals surface area contributed by atoms with Crippen LogP contribution in [-0.2, 0) is 4.74 Å². The highest BCUT2D eigenvalue weighted by atomic mass is 35.5. The van der Waals surface area contributed by atoms with Gasteiger partial charge >= 0.3 is 0 Å². The van der Waals surface area contributed by atoms with Gasteiger partial charge in [0.1, 0.15) is 23.0 Å². The number of nitrogens with zero attached hydrogens (tertiary/aromatic N) is 2. The number of ether oxygens (including phenoxy) is 1. The Morgan fingerprint density at radius 2 is 2.35 bits per heavy atom. The third-order valence-corrected chi connectivity index (χ3v) is 3.22. The van der Waals surface area contributed by atoms with E-state index in [2.05, 4.69) is 15.3 Å². The minimum Gasteiger partial charge on any atom is -0.382 e. The zero-order valence-corrected chi connectivity index (χ0v) is 10.4. The fourth-order valence-corrected chi connectivity index (χ4v) is 2.06. The van der Waals surface area contributed by atoms with Gasteiger partial charge in [0, 0.05) is 13.2 Å². The van der Waals surface area contributed by atoms with E-state index in [1.807, 2.05) is 0 Å². The van der Waals surface area contributed by atoms with Crippen molar-refractivity contribution in [3.63, 3.8) is 0 Å². The smallest absolute Gasteiger partial charge is 0.150 e. The molecular formula is C11H17ClN4O. The molecule has 1 atom stereocenters. The molecule has 1 saturated heterocycles. The maximum atomic E-state index is 5.97. The Labute approximate surface area is 106 Å². The number of hydrogen-bond acceptors (Lipinski definition) is 5. The van der Waals surface area contributed by atoms with Crippen LogP contribution in [0.3, 0.4) is 0 Å². The van der Waals surface area contributed by atoms with Crippen molar-refractivity contribution in [2.45, 2.75) is 31.8 Å². The molecular weight excluding hydrogens is 240 g/mol. The average Bonchev–Trinajstić information content (AvgIpc) is 2.36. The molecule has 94 valence electrons. The first kappa shape index (κ1) is 12.4. The quantitative estimate of drug-likeness (QED) is 0.863. The van der Waals surface area contributed by atoms with E-state index in [1.54, 1.807) is 0 Å². The van der Waals surface area contributed by atoms with Gasteiger partial charge in [0.2, 0.25) is 0 Å². The lowest BCUT2D eigenvalue weighted by atomic mass is 10.1. The molecule has 6 heteroatoms. The van der Waals surface area contributed by atoms with Gasteiger partial charge in [-0.05, 0) is 25.7 Å². The minimum atomic E-state index is 0.304. The number of nitrogens with two attached hydrogens (primary N) is 1. The predicted octanol–water partition coefficient (Wildman–Crippen LogP) is 2.08. The van der Waals surface area contributed by atoms with Crippen LogP contribution in [0.4, 0.5) is 11.6 Å². The van der Waals surface area contributed by atoms with E-state index in [9.17, 15) is 0 Å². The fraction of sp³-hybridized carbons (Fsp3) is 0.636. The number of nitrogens with one attached hydrogen (secondary N) is 1. The number of halogens is 1. The zero-order chi connectivity index (χ0) is 12.1. The lowest BCUT2D eigenvalue weighted by Crippen LogP contribution is -2.22. The van der Waals surface area contributed by atoms with Crippen LogP contribution < -0.4 is 11.1 Å². The van der Waals surface area contributed by atoms with Crippen LogP contribution >= 0.6 is 11.6 Å². The number of rotatable bonds is 4. The van der Waals surface area contributed by atoms with E-state index in [4.69, 9.17) is 22.1 Å². The molecule has 3 N–H and O–H groups in total. The highest BCUT2D eigenvalue weighted by Crippen LogP contribution is 2.23. The van der Waals surface area contributed by atoms with Gasteiger partial charge in [0.15, 0.2) is 0 Å². The Morgan fingerprint density at radius 1 is 1.47 bits per heavy atom. The molecule has 1 aliphatic heterocycles. The maximum absolute atomic E-state index is 5.97. The lowest BCUT2D eigenvalue weighted by Gasteiger charge is -2.22. The maximum Gasteiger partial charge on any atom is 0.150 e. The molecule has 1 fully saturated rings. The Balaban J connectivity index is 1.79. The summed E-state index contributed by atoms with van der Waals surface area (Å²) in [6.45, 7) is 1.66. The van der Waals surface area contributed by atoms with Gasteiger partial charge < -0.3 is 15.8 Å². The molecule has 0 radical (unpaired) electrons. The minimum absolute atomic E-state index is 0.304. The molecule has 0 bridgehead atoms. The third kappa shape index (κ3) is 3.44. The summed E-state index contributed by atoms with van der Waals surface area (Å²) in [6, 6.07) is 0. The molecule has 0 amide bonds. The van der Waals surface area contributed by atoms with Gasteiger partial charge in [-0.15, -0.1) is 0 Å². The van der Waals surface area contributed by atoms with Gasteiger partial charge in [0.05, 0.1) is 6.10 Å². The molecule has 1 aromatic rings. The van der Waals surface area contributed by atoms with Crippen LogP contribution in [0.5, 0.6) is 0 Å². The predicted molar refractivity (Wildman–Crippen MR) is 68.2 cm³/mol. The number of anilines is 2. The van der Waals surface area contributed by atoms with Crippen LogP contribution in [0.25, 0.3) is 0 Å². The van der Waals surface area contributed by atoms with Gasteiger partial charge in [-0.3, -0.25) is 0 Å². The van der Waals surface area contributed by atoms with Gasteiger partial charge in [0.25, 0.3) is 0 Å². The van der Waals surface area contributed by atoms with Crippen molar-refractivity contribution in [3.05, 3.63) is 11.3 Å². The van der Waals surface area contributed by atoms with Crippen LogP contribution in [0.15, 0.2) is 6.33 Å². The largest absolute Gasteiger partial charge is 0.382 e. The van der Waals surface area contributed by atoms with E-state index < -0.39 is 0 Å². The molecule has 0 saturated carbocycles. The second-order valence-corrected chi connectivity index (χ2v) is 4.50. The highest BCUT2D eigenvalue weighted by molar-refractivity contribution is 6.35. The fourth-order valence-electron chi connectivity index (χ4n) is 1.89. The molecule has 2 rings (SSSR count). The van der Waals surface area contributed by atoms with Crippen molar-refractivity contribution in [2.24, 2.45) is 0 Å².